The van der Waals surface area contributed by atoms with E-state index < -0.39 is 0 Å². The highest BCUT2D eigenvalue weighted by Gasteiger charge is 2.21. The summed E-state index contributed by atoms with van der Waals surface area (Å²) in [6.45, 7) is 4.39. The predicted molar refractivity (Wildman–Crippen MR) is 92.9 cm³/mol. The second kappa shape index (κ2) is 6.88. The minimum atomic E-state index is -0.289. The molecule has 3 heterocycles. The Balaban J connectivity index is 2.06. The van der Waals surface area contributed by atoms with Crippen molar-refractivity contribution >= 4 is 28.8 Å². The SMILES string of the molecule is CCOc1cccn2c(C(=O)Nc3cccnc3Cl)c(CC)nc12. The number of carbonyl (C=O) groups excluding carboxylic acids is 1. The molecule has 1 amide bonds. The summed E-state index contributed by atoms with van der Waals surface area (Å²) >= 11 is 6.02. The summed E-state index contributed by atoms with van der Waals surface area (Å²) in [5.41, 5.74) is 2.24. The van der Waals surface area contributed by atoms with E-state index >= 15 is 0 Å². The number of aryl methyl sites for hydroxylation is 1. The lowest BCUT2D eigenvalue weighted by Crippen LogP contribution is -2.16. The summed E-state index contributed by atoms with van der Waals surface area (Å²) < 4.78 is 7.34. The minimum Gasteiger partial charge on any atom is -0.490 e. The van der Waals surface area contributed by atoms with E-state index in [9.17, 15) is 4.79 Å². The summed E-state index contributed by atoms with van der Waals surface area (Å²) in [5.74, 6) is 0.357. The monoisotopic (exact) mass is 344 g/mol. The number of fused-ring (bicyclic) bond motifs is 1. The van der Waals surface area contributed by atoms with E-state index in [1.54, 1.807) is 28.9 Å². The third-order valence-electron chi connectivity index (χ3n) is 3.54. The zero-order valence-corrected chi connectivity index (χ0v) is 14.2. The van der Waals surface area contributed by atoms with E-state index in [2.05, 4.69) is 15.3 Å². The number of pyridine rings is 2. The highest BCUT2D eigenvalue weighted by molar-refractivity contribution is 6.32. The van der Waals surface area contributed by atoms with Crippen molar-refractivity contribution in [3.8, 4) is 5.75 Å². The first-order valence-corrected chi connectivity index (χ1v) is 8.08. The molecule has 0 aliphatic carbocycles. The molecule has 1 N–H and O–H groups in total. The molecule has 24 heavy (non-hydrogen) atoms. The van der Waals surface area contributed by atoms with Gasteiger partial charge in [0, 0.05) is 12.4 Å². The van der Waals surface area contributed by atoms with Gasteiger partial charge in [0.05, 0.1) is 18.0 Å². The average Bonchev–Trinajstić information content (AvgIpc) is 2.97. The molecule has 0 aliphatic rings. The van der Waals surface area contributed by atoms with Crippen LogP contribution in [0, 0.1) is 0 Å². The molecular formula is C17H17ClN4O2. The van der Waals surface area contributed by atoms with E-state index in [-0.39, 0.29) is 11.1 Å². The number of amides is 1. The van der Waals surface area contributed by atoms with Gasteiger partial charge in [-0.2, -0.15) is 0 Å². The molecule has 3 aromatic heterocycles. The fraction of sp³-hybridized carbons (Fsp3) is 0.235. The van der Waals surface area contributed by atoms with Gasteiger partial charge in [0.2, 0.25) is 0 Å². The van der Waals surface area contributed by atoms with Gasteiger partial charge in [0.1, 0.15) is 5.69 Å². The van der Waals surface area contributed by atoms with E-state index in [1.165, 1.54) is 0 Å². The van der Waals surface area contributed by atoms with Crippen molar-refractivity contribution in [3.05, 3.63) is 53.2 Å². The molecule has 0 saturated carbocycles. The average molecular weight is 345 g/mol. The Labute approximate surface area is 144 Å². The van der Waals surface area contributed by atoms with E-state index in [4.69, 9.17) is 16.3 Å². The first-order valence-electron chi connectivity index (χ1n) is 7.70. The Morgan fingerprint density at radius 1 is 1.33 bits per heavy atom. The number of nitrogens with zero attached hydrogens (tertiary/aromatic N) is 3. The van der Waals surface area contributed by atoms with Crippen molar-refractivity contribution in [1.29, 1.82) is 0 Å². The van der Waals surface area contributed by atoms with Gasteiger partial charge in [-0.25, -0.2) is 9.97 Å². The van der Waals surface area contributed by atoms with Crippen LogP contribution < -0.4 is 10.1 Å². The molecule has 0 unspecified atom stereocenters. The van der Waals surface area contributed by atoms with Crippen molar-refractivity contribution in [3.63, 3.8) is 0 Å². The number of ether oxygens (including phenoxy) is 1. The second-order valence-corrected chi connectivity index (χ2v) is 5.41. The molecule has 0 fully saturated rings. The van der Waals surface area contributed by atoms with Crippen molar-refractivity contribution in [2.45, 2.75) is 20.3 Å². The molecule has 0 bridgehead atoms. The van der Waals surface area contributed by atoms with Crippen LogP contribution in [0.1, 0.15) is 30.0 Å². The van der Waals surface area contributed by atoms with Crippen LogP contribution in [0.4, 0.5) is 5.69 Å². The quantitative estimate of drug-likeness (QED) is 0.718. The summed E-state index contributed by atoms with van der Waals surface area (Å²) in [4.78, 5) is 21.3. The molecule has 3 rings (SSSR count). The molecule has 0 radical (unpaired) electrons. The molecule has 6 nitrogen and oxygen atoms in total. The fourth-order valence-corrected chi connectivity index (χ4v) is 2.67. The van der Waals surface area contributed by atoms with Crippen molar-refractivity contribution < 1.29 is 9.53 Å². The predicted octanol–water partition coefficient (Wildman–Crippen LogP) is 3.60. The smallest absolute Gasteiger partial charge is 0.274 e. The van der Waals surface area contributed by atoms with Crippen LogP contribution in [0.2, 0.25) is 5.15 Å². The number of aromatic nitrogens is 3. The standard InChI is InChI=1S/C17H17ClN4O2/c1-3-11-14(17(23)21-12-7-5-9-19-15(12)18)22-10-6-8-13(24-4-2)16(22)20-11/h5-10H,3-4H2,1-2H3,(H,21,23). The van der Waals surface area contributed by atoms with Gasteiger partial charge in [-0.15, -0.1) is 0 Å². The first kappa shape index (κ1) is 16.3. The van der Waals surface area contributed by atoms with E-state index in [0.29, 0.717) is 41.5 Å². The molecule has 0 saturated heterocycles. The maximum Gasteiger partial charge on any atom is 0.274 e. The molecule has 0 atom stereocenters. The number of carbonyl (C=O) groups is 1. The summed E-state index contributed by atoms with van der Waals surface area (Å²) in [6, 6.07) is 7.08. The largest absolute Gasteiger partial charge is 0.490 e. The third kappa shape index (κ3) is 2.92. The third-order valence-corrected chi connectivity index (χ3v) is 3.84. The first-order chi connectivity index (χ1) is 11.7. The van der Waals surface area contributed by atoms with Crippen LogP contribution >= 0.6 is 11.6 Å². The maximum atomic E-state index is 12.8. The van der Waals surface area contributed by atoms with Crippen LogP contribution in [0.3, 0.4) is 0 Å². The van der Waals surface area contributed by atoms with Crippen molar-refractivity contribution in [2.75, 3.05) is 11.9 Å². The topological polar surface area (TPSA) is 68.5 Å². The number of anilines is 1. The van der Waals surface area contributed by atoms with Gasteiger partial charge in [0.15, 0.2) is 16.5 Å². The molecule has 0 aromatic carbocycles. The molecular weight excluding hydrogens is 328 g/mol. The fourth-order valence-electron chi connectivity index (χ4n) is 2.51. The zero-order chi connectivity index (χ0) is 17.1. The van der Waals surface area contributed by atoms with E-state index in [0.717, 1.165) is 0 Å². The molecule has 0 aliphatic heterocycles. The second-order valence-electron chi connectivity index (χ2n) is 5.06. The Kier molecular flexibility index (Phi) is 4.66. The van der Waals surface area contributed by atoms with Crippen LogP contribution in [0.25, 0.3) is 5.65 Å². The van der Waals surface area contributed by atoms with Crippen molar-refractivity contribution in [2.24, 2.45) is 0 Å². The van der Waals surface area contributed by atoms with Gasteiger partial charge in [-0.05, 0) is 37.6 Å². The number of rotatable bonds is 5. The molecule has 3 aromatic rings. The maximum absolute atomic E-state index is 12.8. The van der Waals surface area contributed by atoms with Gasteiger partial charge in [-0.1, -0.05) is 18.5 Å². The lowest BCUT2D eigenvalue weighted by molar-refractivity contribution is 0.102. The Morgan fingerprint density at radius 2 is 2.17 bits per heavy atom. The van der Waals surface area contributed by atoms with Crippen LogP contribution in [0.15, 0.2) is 36.7 Å². The van der Waals surface area contributed by atoms with Gasteiger partial charge < -0.3 is 10.1 Å². The van der Waals surface area contributed by atoms with Crippen LogP contribution in [-0.4, -0.2) is 26.9 Å². The minimum absolute atomic E-state index is 0.243. The number of hydrogen-bond donors (Lipinski definition) is 1. The zero-order valence-electron chi connectivity index (χ0n) is 13.4. The highest BCUT2D eigenvalue weighted by Crippen LogP contribution is 2.24. The van der Waals surface area contributed by atoms with Gasteiger partial charge >= 0.3 is 0 Å². The lowest BCUT2D eigenvalue weighted by atomic mass is 10.2. The highest BCUT2D eigenvalue weighted by atomic mass is 35.5. The number of hydrogen-bond acceptors (Lipinski definition) is 4. The number of imidazole rings is 1. The van der Waals surface area contributed by atoms with Gasteiger partial charge in [-0.3, -0.25) is 9.20 Å². The summed E-state index contributed by atoms with van der Waals surface area (Å²) in [6.07, 6.45) is 3.98. The van der Waals surface area contributed by atoms with Crippen LogP contribution in [0.5, 0.6) is 5.75 Å². The van der Waals surface area contributed by atoms with Crippen molar-refractivity contribution in [1.82, 2.24) is 14.4 Å². The summed E-state index contributed by atoms with van der Waals surface area (Å²) in [5, 5.41) is 3.04. The normalized spacial score (nSPS) is 10.8. The summed E-state index contributed by atoms with van der Waals surface area (Å²) in [7, 11) is 0. The molecule has 7 heteroatoms. The lowest BCUT2D eigenvalue weighted by Gasteiger charge is -2.08. The Morgan fingerprint density at radius 3 is 2.88 bits per heavy atom. The van der Waals surface area contributed by atoms with Gasteiger partial charge in [0.25, 0.3) is 5.91 Å². The number of halogens is 1. The number of nitrogens with one attached hydrogen (secondary N) is 1. The van der Waals surface area contributed by atoms with E-state index in [1.807, 2.05) is 26.0 Å². The molecule has 0 spiro atoms. The van der Waals surface area contributed by atoms with Crippen LogP contribution in [-0.2, 0) is 6.42 Å². The Hall–Kier alpha value is -2.60. The molecule has 124 valence electrons. The Bertz CT molecular complexity index is 891.